The van der Waals surface area contributed by atoms with Gasteiger partial charge in [-0.25, -0.2) is 4.68 Å². The molecule has 2 aromatic rings. The molecule has 132 valence electrons. The Kier molecular flexibility index (Phi) is 4.75. The highest BCUT2D eigenvalue weighted by atomic mass is 16.5. The number of nitrogens with zero attached hydrogens (tertiary/aromatic N) is 3. The Morgan fingerprint density at radius 1 is 1.28 bits per heavy atom. The first-order valence-corrected chi connectivity index (χ1v) is 7.99. The standard InChI is InChI=1S/C16H19N5O4/c17-15(24)16(5-7-25-8-6-16)10-18-13(22)9-21-14(23)11-3-1-2-4-12(11)19-20-21/h1-4H,5-10H2,(H2,17,24)(H,18,22). The van der Waals surface area contributed by atoms with Crippen LogP contribution in [0.1, 0.15) is 12.8 Å². The number of carbonyl (C=O) groups is 2. The first kappa shape index (κ1) is 17.0. The van der Waals surface area contributed by atoms with Gasteiger partial charge in [0, 0.05) is 19.8 Å². The monoisotopic (exact) mass is 345 g/mol. The van der Waals surface area contributed by atoms with Gasteiger partial charge in [0.2, 0.25) is 11.8 Å². The minimum Gasteiger partial charge on any atom is -0.381 e. The lowest BCUT2D eigenvalue weighted by Crippen LogP contribution is -2.50. The van der Waals surface area contributed by atoms with Gasteiger partial charge in [-0.05, 0) is 25.0 Å². The number of ether oxygens (including phenoxy) is 1. The molecule has 1 aromatic carbocycles. The van der Waals surface area contributed by atoms with Gasteiger partial charge in [-0.3, -0.25) is 14.4 Å². The predicted octanol–water partition coefficient (Wildman–Crippen LogP) is -0.810. The molecule has 1 fully saturated rings. The van der Waals surface area contributed by atoms with Crippen molar-refractivity contribution in [3.8, 4) is 0 Å². The summed E-state index contributed by atoms with van der Waals surface area (Å²) in [5.74, 6) is -0.891. The Bertz CT molecular complexity index is 857. The quantitative estimate of drug-likeness (QED) is 0.729. The Morgan fingerprint density at radius 2 is 2.00 bits per heavy atom. The van der Waals surface area contributed by atoms with Gasteiger partial charge in [0.1, 0.15) is 12.1 Å². The second kappa shape index (κ2) is 6.98. The average Bonchev–Trinajstić information content (AvgIpc) is 2.63. The lowest BCUT2D eigenvalue weighted by Gasteiger charge is -2.34. The highest BCUT2D eigenvalue weighted by Gasteiger charge is 2.38. The van der Waals surface area contributed by atoms with Crippen molar-refractivity contribution in [2.24, 2.45) is 11.1 Å². The Morgan fingerprint density at radius 3 is 2.72 bits per heavy atom. The van der Waals surface area contributed by atoms with Gasteiger partial charge < -0.3 is 15.8 Å². The summed E-state index contributed by atoms with van der Waals surface area (Å²) in [6, 6.07) is 6.78. The third-order valence-electron chi connectivity index (χ3n) is 4.52. The van der Waals surface area contributed by atoms with E-state index in [1.54, 1.807) is 24.3 Å². The number of aromatic nitrogens is 3. The van der Waals surface area contributed by atoms with Crippen LogP contribution in [-0.2, 0) is 20.9 Å². The fraction of sp³-hybridized carbons (Fsp3) is 0.438. The summed E-state index contributed by atoms with van der Waals surface area (Å²) < 4.78 is 6.25. The van der Waals surface area contributed by atoms with Gasteiger partial charge >= 0.3 is 0 Å². The molecule has 0 bridgehead atoms. The SMILES string of the molecule is NC(=O)C1(CNC(=O)Cn2nnc3ccccc3c2=O)CCOCC1. The third-order valence-corrected chi connectivity index (χ3v) is 4.52. The largest absolute Gasteiger partial charge is 0.381 e. The first-order chi connectivity index (χ1) is 12.0. The molecule has 3 N–H and O–H groups in total. The van der Waals surface area contributed by atoms with Crippen LogP contribution in [0.4, 0.5) is 0 Å². The summed E-state index contributed by atoms with van der Waals surface area (Å²) in [6.45, 7) is 0.686. The maximum atomic E-state index is 12.3. The highest BCUT2D eigenvalue weighted by molar-refractivity contribution is 5.83. The van der Waals surface area contributed by atoms with E-state index < -0.39 is 22.8 Å². The number of fused-ring (bicyclic) bond motifs is 1. The van der Waals surface area contributed by atoms with Crippen LogP contribution in [0.25, 0.3) is 10.9 Å². The van der Waals surface area contributed by atoms with Gasteiger partial charge in [-0.1, -0.05) is 17.3 Å². The van der Waals surface area contributed by atoms with E-state index in [2.05, 4.69) is 15.6 Å². The molecule has 2 heterocycles. The molecule has 3 rings (SSSR count). The third kappa shape index (κ3) is 3.50. The molecule has 0 unspecified atom stereocenters. The molecule has 0 radical (unpaired) electrons. The van der Waals surface area contributed by atoms with Crippen LogP contribution in [-0.4, -0.2) is 46.6 Å². The van der Waals surface area contributed by atoms with Crippen molar-refractivity contribution in [3.63, 3.8) is 0 Å². The van der Waals surface area contributed by atoms with E-state index in [0.717, 1.165) is 4.68 Å². The molecule has 0 spiro atoms. The topological polar surface area (TPSA) is 129 Å². The van der Waals surface area contributed by atoms with Crippen molar-refractivity contribution in [3.05, 3.63) is 34.6 Å². The van der Waals surface area contributed by atoms with Crippen molar-refractivity contribution in [2.45, 2.75) is 19.4 Å². The smallest absolute Gasteiger partial charge is 0.278 e. The van der Waals surface area contributed by atoms with Crippen LogP contribution in [0.5, 0.6) is 0 Å². The molecule has 9 heteroatoms. The number of nitrogens with two attached hydrogens (primary N) is 1. The number of hydrogen-bond donors (Lipinski definition) is 2. The summed E-state index contributed by atoms with van der Waals surface area (Å²) in [4.78, 5) is 36.3. The Hall–Kier alpha value is -2.81. The molecule has 2 amide bonds. The van der Waals surface area contributed by atoms with E-state index >= 15 is 0 Å². The van der Waals surface area contributed by atoms with Crippen molar-refractivity contribution in [1.29, 1.82) is 0 Å². The van der Waals surface area contributed by atoms with E-state index in [4.69, 9.17) is 10.5 Å². The van der Waals surface area contributed by atoms with Gasteiger partial charge in [0.15, 0.2) is 0 Å². The molecule has 9 nitrogen and oxygen atoms in total. The van der Waals surface area contributed by atoms with Crippen LogP contribution < -0.4 is 16.6 Å². The molecule has 0 aliphatic carbocycles. The molecule has 0 saturated carbocycles. The molecule has 1 saturated heterocycles. The van der Waals surface area contributed by atoms with E-state index in [9.17, 15) is 14.4 Å². The molecule has 1 aromatic heterocycles. The number of nitrogens with one attached hydrogen (secondary N) is 1. The lowest BCUT2D eigenvalue weighted by atomic mass is 9.79. The van der Waals surface area contributed by atoms with Crippen molar-refractivity contribution < 1.29 is 14.3 Å². The van der Waals surface area contributed by atoms with Crippen LogP contribution in [0.3, 0.4) is 0 Å². The second-order valence-corrected chi connectivity index (χ2v) is 6.10. The zero-order valence-corrected chi connectivity index (χ0v) is 13.6. The van der Waals surface area contributed by atoms with Gasteiger partial charge in [0.05, 0.1) is 10.8 Å². The average molecular weight is 345 g/mol. The fourth-order valence-corrected chi connectivity index (χ4v) is 2.86. The van der Waals surface area contributed by atoms with Crippen LogP contribution in [0.15, 0.2) is 29.1 Å². The minimum atomic E-state index is -0.812. The number of hydrogen-bond acceptors (Lipinski definition) is 6. The van der Waals surface area contributed by atoms with Crippen LogP contribution >= 0.6 is 0 Å². The van der Waals surface area contributed by atoms with Crippen molar-refractivity contribution >= 4 is 22.7 Å². The molecule has 0 atom stereocenters. The van der Waals surface area contributed by atoms with Crippen molar-refractivity contribution in [1.82, 2.24) is 20.3 Å². The highest BCUT2D eigenvalue weighted by Crippen LogP contribution is 2.29. The molecular formula is C16H19N5O4. The zero-order chi connectivity index (χ0) is 17.9. The maximum Gasteiger partial charge on any atom is 0.278 e. The number of carbonyl (C=O) groups excluding carboxylic acids is 2. The van der Waals surface area contributed by atoms with E-state index in [1.807, 2.05) is 0 Å². The molecule has 25 heavy (non-hydrogen) atoms. The lowest BCUT2D eigenvalue weighted by molar-refractivity contribution is -0.134. The van der Waals surface area contributed by atoms with Crippen LogP contribution in [0, 0.1) is 5.41 Å². The van der Waals surface area contributed by atoms with Gasteiger partial charge in [0.25, 0.3) is 5.56 Å². The Labute approximate surface area is 143 Å². The summed E-state index contributed by atoms with van der Waals surface area (Å²) in [5, 5.41) is 10.8. The summed E-state index contributed by atoms with van der Waals surface area (Å²) in [6.07, 6.45) is 0.913. The second-order valence-electron chi connectivity index (χ2n) is 6.10. The first-order valence-electron chi connectivity index (χ1n) is 7.99. The summed E-state index contributed by atoms with van der Waals surface area (Å²) in [7, 11) is 0. The molecule has 1 aliphatic rings. The normalized spacial score (nSPS) is 16.5. The number of primary amides is 1. The molecular weight excluding hydrogens is 326 g/mol. The number of rotatable bonds is 5. The van der Waals surface area contributed by atoms with Crippen LogP contribution in [0.2, 0.25) is 0 Å². The van der Waals surface area contributed by atoms with Gasteiger partial charge in [-0.15, -0.1) is 5.10 Å². The number of amides is 2. The predicted molar refractivity (Wildman–Crippen MR) is 88.5 cm³/mol. The summed E-state index contributed by atoms with van der Waals surface area (Å²) >= 11 is 0. The van der Waals surface area contributed by atoms with Crippen molar-refractivity contribution in [2.75, 3.05) is 19.8 Å². The minimum absolute atomic E-state index is 0.111. The number of benzene rings is 1. The summed E-state index contributed by atoms with van der Waals surface area (Å²) in [5.41, 5.74) is 4.77. The maximum absolute atomic E-state index is 12.3. The fourth-order valence-electron chi connectivity index (χ4n) is 2.86. The zero-order valence-electron chi connectivity index (χ0n) is 13.6. The van der Waals surface area contributed by atoms with E-state index in [-0.39, 0.29) is 13.1 Å². The molecule has 1 aliphatic heterocycles. The Balaban J connectivity index is 1.69. The van der Waals surface area contributed by atoms with E-state index in [0.29, 0.717) is 37.0 Å². The van der Waals surface area contributed by atoms with E-state index in [1.165, 1.54) is 0 Å². The van der Waals surface area contributed by atoms with Gasteiger partial charge in [-0.2, -0.15) is 0 Å².